The van der Waals surface area contributed by atoms with E-state index in [9.17, 15) is 17.6 Å². The molecule has 0 aliphatic carbocycles. The fourth-order valence-corrected chi connectivity index (χ4v) is 5.01. The van der Waals surface area contributed by atoms with Crippen molar-refractivity contribution in [2.45, 2.75) is 23.7 Å². The molecule has 2 aromatic rings. The molecule has 0 aliphatic heterocycles. The molecule has 1 aromatic heterocycles. The monoisotopic (exact) mass is 430 g/mol. The number of carbonyl (C=O) groups excluding carboxylic acids is 1. The van der Waals surface area contributed by atoms with E-state index in [2.05, 4.69) is 22.1 Å². The summed E-state index contributed by atoms with van der Waals surface area (Å²) < 4.78 is 39.5. The van der Waals surface area contributed by atoms with Crippen molar-refractivity contribution in [2.75, 3.05) is 21.6 Å². The van der Waals surface area contributed by atoms with Gasteiger partial charge in [-0.1, -0.05) is 36.1 Å². The van der Waals surface area contributed by atoms with Crippen LogP contribution < -0.4 is 9.62 Å². The molecule has 1 atom stereocenters. The first-order valence-corrected chi connectivity index (χ1v) is 11.5. The Balaban J connectivity index is 2.25. The molecule has 0 fully saturated rings. The first kappa shape index (κ1) is 21.3. The van der Waals surface area contributed by atoms with E-state index >= 15 is 0 Å². The third-order valence-electron chi connectivity index (χ3n) is 3.37. The van der Waals surface area contributed by atoms with Crippen molar-refractivity contribution in [2.24, 2.45) is 0 Å². The highest BCUT2D eigenvalue weighted by Crippen LogP contribution is 2.27. The van der Waals surface area contributed by atoms with Crippen LogP contribution in [-0.2, 0) is 14.8 Å². The van der Waals surface area contributed by atoms with Gasteiger partial charge in [-0.3, -0.25) is 14.4 Å². The summed E-state index contributed by atoms with van der Waals surface area (Å²) in [6.45, 7) is 5.31. The number of rotatable bonds is 9. The molecule has 7 nitrogen and oxygen atoms in total. The minimum Gasteiger partial charge on any atom is -0.299 e. The van der Waals surface area contributed by atoms with Gasteiger partial charge in [0.25, 0.3) is 0 Å². The Labute approximate surface area is 165 Å². The van der Waals surface area contributed by atoms with Gasteiger partial charge in [0.1, 0.15) is 11.9 Å². The van der Waals surface area contributed by atoms with E-state index in [1.807, 2.05) is 0 Å². The summed E-state index contributed by atoms with van der Waals surface area (Å²) in [6.07, 6.45) is 2.94. The van der Waals surface area contributed by atoms with E-state index in [-0.39, 0.29) is 17.2 Å². The van der Waals surface area contributed by atoms with Crippen molar-refractivity contribution in [3.63, 3.8) is 0 Å². The van der Waals surface area contributed by atoms with E-state index in [0.717, 1.165) is 22.7 Å². The third kappa shape index (κ3) is 5.75. The van der Waals surface area contributed by atoms with Crippen LogP contribution in [-0.4, -0.2) is 42.6 Å². The molecule has 0 spiro atoms. The number of anilines is 2. The van der Waals surface area contributed by atoms with E-state index in [0.29, 0.717) is 10.1 Å². The van der Waals surface area contributed by atoms with Gasteiger partial charge in [-0.2, -0.15) is 0 Å². The number of hydrogen-bond acceptors (Lipinski definition) is 7. The van der Waals surface area contributed by atoms with Crippen molar-refractivity contribution in [3.05, 3.63) is 42.7 Å². The molecule has 0 aliphatic rings. The van der Waals surface area contributed by atoms with Crippen molar-refractivity contribution in [3.8, 4) is 0 Å². The van der Waals surface area contributed by atoms with Gasteiger partial charge < -0.3 is 0 Å². The lowest BCUT2D eigenvalue weighted by Crippen LogP contribution is -2.47. The van der Waals surface area contributed by atoms with Crippen molar-refractivity contribution in [1.29, 1.82) is 0 Å². The van der Waals surface area contributed by atoms with E-state index in [4.69, 9.17) is 0 Å². The molecule has 0 bridgehead atoms. The predicted octanol–water partition coefficient (Wildman–Crippen LogP) is 3.14. The smallest absolute Gasteiger partial charge is 0.250 e. The number of nitrogens with one attached hydrogen (secondary N) is 1. The number of nitrogens with zero attached hydrogens (tertiary/aromatic N) is 3. The Bertz CT molecular complexity index is 900. The number of halogens is 1. The lowest BCUT2D eigenvalue weighted by Gasteiger charge is -2.29. The number of benzene rings is 1. The van der Waals surface area contributed by atoms with Crippen molar-refractivity contribution in [1.82, 2.24) is 10.2 Å². The first-order chi connectivity index (χ1) is 12.8. The lowest BCUT2D eigenvalue weighted by molar-refractivity contribution is -0.117. The lowest BCUT2D eigenvalue weighted by atomic mass is 10.2. The van der Waals surface area contributed by atoms with Crippen LogP contribution >= 0.6 is 23.1 Å². The zero-order chi connectivity index (χ0) is 20.0. The minimum atomic E-state index is -3.78. The van der Waals surface area contributed by atoms with Crippen LogP contribution in [0.25, 0.3) is 0 Å². The van der Waals surface area contributed by atoms with Gasteiger partial charge >= 0.3 is 0 Å². The maximum atomic E-state index is 13.2. The molecule has 2 rings (SSSR count). The topological polar surface area (TPSA) is 92.3 Å². The molecule has 1 amide bonds. The van der Waals surface area contributed by atoms with Gasteiger partial charge in [-0.05, 0) is 30.7 Å². The van der Waals surface area contributed by atoms with Crippen LogP contribution in [0.2, 0.25) is 0 Å². The van der Waals surface area contributed by atoms with E-state index < -0.39 is 27.8 Å². The number of sulfonamides is 1. The SMILES string of the molecule is C=CCSc1nnc(NC(=O)[C@@H](CC)N(c2ccc(F)cc2)S(C)(=O)=O)s1. The Kier molecular flexibility index (Phi) is 7.33. The second kappa shape index (κ2) is 9.29. The Morgan fingerprint density at radius 1 is 1.41 bits per heavy atom. The summed E-state index contributed by atoms with van der Waals surface area (Å²) >= 11 is 2.61. The van der Waals surface area contributed by atoms with Crippen LogP contribution in [0.4, 0.5) is 15.2 Å². The minimum absolute atomic E-state index is 0.209. The van der Waals surface area contributed by atoms with Crippen molar-refractivity contribution < 1.29 is 17.6 Å². The highest BCUT2D eigenvalue weighted by atomic mass is 32.2. The molecule has 146 valence electrons. The van der Waals surface area contributed by atoms with Gasteiger partial charge in [-0.15, -0.1) is 16.8 Å². The maximum absolute atomic E-state index is 13.2. The molecule has 0 radical (unpaired) electrons. The quantitative estimate of drug-likeness (QED) is 0.373. The van der Waals surface area contributed by atoms with E-state index in [1.54, 1.807) is 13.0 Å². The Morgan fingerprint density at radius 2 is 2.07 bits per heavy atom. The van der Waals surface area contributed by atoms with Crippen LogP contribution in [0.1, 0.15) is 13.3 Å². The van der Waals surface area contributed by atoms with Crippen LogP contribution in [0.5, 0.6) is 0 Å². The standard InChI is InChI=1S/C16H19FN4O3S3/c1-4-10-25-16-20-19-15(26-16)18-14(22)13(5-2)21(27(3,23)24)12-8-6-11(17)7-9-12/h4,6-9,13H,1,5,10H2,2-3H3,(H,18,19,22)/t13-/m1/s1. The normalized spacial score (nSPS) is 12.4. The van der Waals surface area contributed by atoms with Gasteiger partial charge in [0, 0.05) is 5.75 Å². The Hall–Kier alpha value is -1.98. The van der Waals surface area contributed by atoms with Crippen LogP contribution in [0.15, 0.2) is 41.3 Å². The zero-order valence-electron chi connectivity index (χ0n) is 14.8. The van der Waals surface area contributed by atoms with Gasteiger partial charge in [0.2, 0.25) is 21.1 Å². The highest BCUT2D eigenvalue weighted by Gasteiger charge is 2.32. The van der Waals surface area contributed by atoms with Gasteiger partial charge in [-0.25, -0.2) is 12.8 Å². The summed E-state index contributed by atoms with van der Waals surface area (Å²) in [6, 6.07) is 3.92. The molecule has 0 unspecified atom stereocenters. The molecule has 1 heterocycles. The second-order valence-electron chi connectivity index (χ2n) is 5.42. The van der Waals surface area contributed by atoms with Crippen LogP contribution in [0, 0.1) is 5.82 Å². The van der Waals surface area contributed by atoms with Gasteiger partial charge in [0.05, 0.1) is 11.9 Å². The molecular weight excluding hydrogens is 411 g/mol. The number of carbonyl (C=O) groups is 1. The fraction of sp³-hybridized carbons (Fsp3) is 0.312. The largest absolute Gasteiger partial charge is 0.299 e. The number of thioether (sulfide) groups is 1. The zero-order valence-corrected chi connectivity index (χ0v) is 17.2. The summed E-state index contributed by atoms with van der Waals surface area (Å²) in [5, 5.41) is 10.7. The summed E-state index contributed by atoms with van der Waals surface area (Å²) in [5.41, 5.74) is 0.209. The molecule has 11 heteroatoms. The number of hydrogen-bond donors (Lipinski definition) is 1. The molecule has 1 aromatic carbocycles. The summed E-state index contributed by atoms with van der Waals surface area (Å²) in [7, 11) is -3.78. The summed E-state index contributed by atoms with van der Waals surface area (Å²) in [5.74, 6) is -0.376. The molecule has 0 saturated heterocycles. The molecule has 27 heavy (non-hydrogen) atoms. The molecule has 1 N–H and O–H groups in total. The average Bonchev–Trinajstić information content (AvgIpc) is 3.05. The van der Waals surface area contributed by atoms with E-state index in [1.165, 1.54) is 35.2 Å². The fourth-order valence-electron chi connectivity index (χ4n) is 2.29. The van der Waals surface area contributed by atoms with Gasteiger partial charge in [0.15, 0.2) is 4.34 Å². The molecular formula is C16H19FN4O3S3. The maximum Gasteiger partial charge on any atom is 0.250 e. The molecule has 0 saturated carbocycles. The number of aromatic nitrogens is 2. The summed E-state index contributed by atoms with van der Waals surface area (Å²) in [4.78, 5) is 12.7. The first-order valence-electron chi connectivity index (χ1n) is 7.89. The van der Waals surface area contributed by atoms with Crippen LogP contribution in [0.3, 0.4) is 0 Å². The average molecular weight is 431 g/mol. The number of amides is 1. The third-order valence-corrected chi connectivity index (χ3v) is 6.52. The second-order valence-corrected chi connectivity index (χ2v) is 9.53. The highest BCUT2D eigenvalue weighted by molar-refractivity contribution is 8.01. The van der Waals surface area contributed by atoms with Crippen molar-refractivity contribution >= 4 is 49.8 Å². The predicted molar refractivity (Wildman–Crippen MR) is 107 cm³/mol. The Morgan fingerprint density at radius 3 is 2.63 bits per heavy atom.